The molecule has 2 aliphatic rings. The van der Waals surface area contributed by atoms with Gasteiger partial charge in [-0.3, -0.25) is 9.59 Å². The maximum atomic E-state index is 12.7. The lowest BCUT2D eigenvalue weighted by molar-refractivity contribution is -0.130. The van der Waals surface area contributed by atoms with E-state index in [0.717, 1.165) is 25.7 Å². The molecule has 1 unspecified atom stereocenters. The van der Waals surface area contributed by atoms with E-state index in [2.05, 4.69) is 20.0 Å². The van der Waals surface area contributed by atoms with Crippen molar-refractivity contribution in [3.05, 3.63) is 42.7 Å². The van der Waals surface area contributed by atoms with E-state index in [4.69, 9.17) is 0 Å². The molecule has 164 valence electrons. The number of rotatable bonds is 6. The standard InChI is InChI=1S/C21H25N5O4S/c27-19-13-15(14-26(19)17-5-2-1-3-6-17)20(28)24-16-7-9-18(10-8-16)31(29,30)25-21-22-11-4-12-23-21/h4,7-12,15,17H,1-3,5-6,13-14H2,(H,24,28)(H,22,23,25). The van der Waals surface area contributed by atoms with Crippen LogP contribution in [0.5, 0.6) is 0 Å². The molecular weight excluding hydrogens is 418 g/mol. The Bertz CT molecular complexity index is 1040. The van der Waals surface area contributed by atoms with Gasteiger partial charge in [-0.05, 0) is 43.2 Å². The first-order valence-electron chi connectivity index (χ1n) is 10.4. The highest BCUT2D eigenvalue weighted by molar-refractivity contribution is 7.92. The summed E-state index contributed by atoms with van der Waals surface area (Å²) in [6.07, 6.45) is 8.59. The van der Waals surface area contributed by atoms with Gasteiger partial charge in [-0.2, -0.15) is 0 Å². The van der Waals surface area contributed by atoms with E-state index in [0.29, 0.717) is 12.2 Å². The number of hydrogen-bond donors (Lipinski definition) is 2. The Morgan fingerprint density at radius 3 is 2.39 bits per heavy atom. The quantitative estimate of drug-likeness (QED) is 0.707. The van der Waals surface area contributed by atoms with Crippen LogP contribution in [0, 0.1) is 5.92 Å². The van der Waals surface area contributed by atoms with Crippen LogP contribution in [0.4, 0.5) is 11.6 Å². The van der Waals surface area contributed by atoms with Gasteiger partial charge in [0.25, 0.3) is 10.0 Å². The number of likely N-dealkylation sites (tertiary alicyclic amines) is 1. The van der Waals surface area contributed by atoms with Crippen LogP contribution in [0.1, 0.15) is 38.5 Å². The van der Waals surface area contributed by atoms with Gasteiger partial charge >= 0.3 is 0 Å². The minimum Gasteiger partial charge on any atom is -0.339 e. The van der Waals surface area contributed by atoms with Crippen LogP contribution in [0.2, 0.25) is 0 Å². The Hall–Kier alpha value is -3.01. The molecule has 2 aromatic rings. The van der Waals surface area contributed by atoms with Crippen molar-refractivity contribution in [2.75, 3.05) is 16.6 Å². The zero-order valence-corrected chi connectivity index (χ0v) is 17.8. The molecule has 0 bridgehead atoms. The summed E-state index contributed by atoms with van der Waals surface area (Å²) in [6.45, 7) is 0.447. The Balaban J connectivity index is 1.36. The van der Waals surface area contributed by atoms with E-state index in [-0.39, 0.29) is 35.1 Å². The number of aromatic nitrogens is 2. The Morgan fingerprint density at radius 2 is 1.71 bits per heavy atom. The highest BCUT2D eigenvalue weighted by Crippen LogP contribution is 2.29. The van der Waals surface area contributed by atoms with Crippen LogP contribution in [-0.4, -0.2) is 47.7 Å². The van der Waals surface area contributed by atoms with Gasteiger partial charge in [0.2, 0.25) is 17.8 Å². The molecule has 2 fully saturated rings. The van der Waals surface area contributed by atoms with Crippen molar-refractivity contribution >= 4 is 33.5 Å². The van der Waals surface area contributed by atoms with Crippen molar-refractivity contribution in [3.8, 4) is 0 Å². The molecule has 10 heteroatoms. The molecule has 2 N–H and O–H groups in total. The van der Waals surface area contributed by atoms with Gasteiger partial charge in [0.1, 0.15) is 0 Å². The Kier molecular flexibility index (Phi) is 6.17. The largest absolute Gasteiger partial charge is 0.339 e. The summed E-state index contributed by atoms with van der Waals surface area (Å²) in [5.74, 6) is -0.594. The molecule has 2 heterocycles. The SMILES string of the molecule is O=C(Nc1ccc(S(=O)(=O)Nc2ncccn2)cc1)C1CC(=O)N(C2CCCCC2)C1. The van der Waals surface area contributed by atoms with Gasteiger partial charge in [0.15, 0.2) is 0 Å². The first-order chi connectivity index (χ1) is 14.9. The van der Waals surface area contributed by atoms with E-state index >= 15 is 0 Å². The zero-order chi connectivity index (χ0) is 21.8. The third-order valence-corrected chi connectivity index (χ3v) is 7.11. The van der Waals surface area contributed by atoms with Gasteiger partial charge in [-0.25, -0.2) is 23.1 Å². The normalized spacial score (nSPS) is 19.9. The number of benzene rings is 1. The molecule has 1 aliphatic heterocycles. The predicted molar refractivity (Wildman–Crippen MR) is 115 cm³/mol. The number of anilines is 2. The van der Waals surface area contributed by atoms with Crippen molar-refractivity contribution in [3.63, 3.8) is 0 Å². The highest BCUT2D eigenvalue weighted by Gasteiger charge is 2.38. The summed E-state index contributed by atoms with van der Waals surface area (Å²) in [5, 5.41) is 2.80. The molecule has 0 radical (unpaired) electrons. The van der Waals surface area contributed by atoms with E-state index < -0.39 is 15.9 Å². The summed E-state index contributed by atoms with van der Waals surface area (Å²) in [5.41, 5.74) is 0.475. The van der Waals surface area contributed by atoms with E-state index in [9.17, 15) is 18.0 Å². The molecule has 1 saturated carbocycles. The second kappa shape index (κ2) is 9.01. The van der Waals surface area contributed by atoms with E-state index in [1.54, 1.807) is 6.07 Å². The molecule has 1 saturated heterocycles. The van der Waals surface area contributed by atoms with Crippen molar-refractivity contribution in [1.82, 2.24) is 14.9 Å². The van der Waals surface area contributed by atoms with Crippen LogP contribution in [0.3, 0.4) is 0 Å². The number of nitrogens with zero attached hydrogens (tertiary/aromatic N) is 3. The van der Waals surface area contributed by atoms with Crippen LogP contribution < -0.4 is 10.0 Å². The smallest absolute Gasteiger partial charge is 0.264 e. The van der Waals surface area contributed by atoms with Crippen molar-refractivity contribution in [1.29, 1.82) is 0 Å². The lowest BCUT2D eigenvalue weighted by Gasteiger charge is -2.31. The Morgan fingerprint density at radius 1 is 1.03 bits per heavy atom. The fourth-order valence-electron chi connectivity index (χ4n) is 4.15. The molecule has 1 atom stereocenters. The lowest BCUT2D eigenvalue weighted by Crippen LogP contribution is -2.38. The van der Waals surface area contributed by atoms with Crippen LogP contribution in [0.15, 0.2) is 47.6 Å². The molecule has 1 aromatic carbocycles. The zero-order valence-electron chi connectivity index (χ0n) is 17.0. The minimum absolute atomic E-state index is 0.0201. The maximum Gasteiger partial charge on any atom is 0.264 e. The second-order valence-corrected chi connectivity index (χ2v) is 9.61. The maximum absolute atomic E-state index is 12.7. The van der Waals surface area contributed by atoms with Crippen molar-refractivity contribution in [2.45, 2.75) is 49.5 Å². The van der Waals surface area contributed by atoms with Gasteiger partial charge in [-0.15, -0.1) is 0 Å². The Labute approximate surface area is 181 Å². The van der Waals surface area contributed by atoms with Crippen molar-refractivity contribution < 1.29 is 18.0 Å². The summed E-state index contributed by atoms with van der Waals surface area (Å²) in [6, 6.07) is 7.68. The number of sulfonamides is 1. The van der Waals surface area contributed by atoms with Gasteiger partial charge in [-0.1, -0.05) is 19.3 Å². The molecular formula is C21H25N5O4S. The lowest BCUT2D eigenvalue weighted by atomic mass is 9.94. The number of nitrogens with one attached hydrogen (secondary N) is 2. The second-order valence-electron chi connectivity index (χ2n) is 7.93. The number of hydrogen-bond acceptors (Lipinski definition) is 6. The molecule has 1 aliphatic carbocycles. The number of carbonyl (C=O) groups excluding carboxylic acids is 2. The average Bonchev–Trinajstić information content (AvgIpc) is 3.17. The summed E-state index contributed by atoms with van der Waals surface area (Å²) in [7, 11) is -3.84. The predicted octanol–water partition coefficient (Wildman–Crippen LogP) is 2.40. The van der Waals surface area contributed by atoms with Crippen LogP contribution >= 0.6 is 0 Å². The van der Waals surface area contributed by atoms with Gasteiger partial charge in [0.05, 0.1) is 10.8 Å². The topological polar surface area (TPSA) is 121 Å². The summed E-state index contributed by atoms with van der Waals surface area (Å²) >= 11 is 0. The minimum atomic E-state index is -3.84. The number of carbonyl (C=O) groups is 2. The van der Waals surface area contributed by atoms with E-state index in [1.807, 2.05) is 4.90 Å². The van der Waals surface area contributed by atoms with Crippen LogP contribution in [0.25, 0.3) is 0 Å². The average molecular weight is 444 g/mol. The molecule has 9 nitrogen and oxygen atoms in total. The molecule has 31 heavy (non-hydrogen) atoms. The van der Waals surface area contributed by atoms with Gasteiger partial charge < -0.3 is 10.2 Å². The first-order valence-corrected chi connectivity index (χ1v) is 11.9. The van der Waals surface area contributed by atoms with Crippen LogP contribution in [-0.2, 0) is 19.6 Å². The number of amides is 2. The molecule has 0 spiro atoms. The highest BCUT2D eigenvalue weighted by atomic mass is 32.2. The third-order valence-electron chi connectivity index (χ3n) is 5.77. The van der Waals surface area contributed by atoms with Crippen molar-refractivity contribution in [2.24, 2.45) is 5.92 Å². The summed E-state index contributed by atoms with van der Waals surface area (Å²) < 4.78 is 27.2. The fourth-order valence-corrected chi connectivity index (χ4v) is 5.10. The van der Waals surface area contributed by atoms with E-state index in [1.165, 1.54) is 43.1 Å². The fraction of sp³-hybridized carbons (Fsp3) is 0.429. The first kappa shape index (κ1) is 21.2. The summed E-state index contributed by atoms with van der Waals surface area (Å²) in [4.78, 5) is 34.7. The molecule has 1 aromatic heterocycles. The molecule has 4 rings (SSSR count). The third kappa shape index (κ3) is 5.01. The monoisotopic (exact) mass is 443 g/mol. The molecule has 2 amide bonds. The van der Waals surface area contributed by atoms with Gasteiger partial charge in [0, 0.05) is 37.1 Å².